The quantitative estimate of drug-likeness (QED) is 0.171. The second-order valence-corrected chi connectivity index (χ2v) is 15.2. The molecule has 1 aliphatic rings. The predicted octanol–water partition coefficient (Wildman–Crippen LogP) is 13.5. The van der Waals surface area contributed by atoms with Gasteiger partial charge < -0.3 is 0 Å². The van der Waals surface area contributed by atoms with Crippen LogP contribution in [0.4, 0.5) is 0 Å². The zero-order chi connectivity index (χ0) is 36.7. The van der Waals surface area contributed by atoms with Gasteiger partial charge in [-0.2, -0.15) is 0 Å². The highest BCUT2D eigenvalue weighted by Gasteiger charge is 2.39. The summed E-state index contributed by atoms with van der Waals surface area (Å²) in [7, 11) is 0. The maximum Gasteiger partial charge on any atom is 0.0972 e. The van der Waals surface area contributed by atoms with E-state index in [1.165, 1.54) is 55.1 Å². The number of rotatable bonds is 4. The van der Waals surface area contributed by atoms with Crippen molar-refractivity contribution in [3.05, 3.63) is 187 Å². The largest absolute Gasteiger partial charge is 0.247 e. The molecule has 258 valence electrons. The van der Waals surface area contributed by atoms with Crippen molar-refractivity contribution >= 4 is 43.5 Å². The first-order valence-electron chi connectivity index (χ1n) is 18.9. The highest BCUT2D eigenvalue weighted by molar-refractivity contribution is 6.13. The molecule has 7 aromatic carbocycles. The smallest absolute Gasteiger partial charge is 0.0972 e. The van der Waals surface area contributed by atoms with Crippen molar-refractivity contribution in [3.63, 3.8) is 0 Å². The minimum atomic E-state index is -0.189. The number of hydrogen-bond donors (Lipinski definition) is 0. The van der Waals surface area contributed by atoms with Gasteiger partial charge in [-0.3, -0.25) is 0 Å². The van der Waals surface area contributed by atoms with Gasteiger partial charge in [0, 0.05) is 43.7 Å². The topological polar surface area (TPSA) is 38.7 Å². The van der Waals surface area contributed by atoms with Crippen LogP contribution in [0.25, 0.3) is 99.5 Å². The first-order chi connectivity index (χ1) is 27.0. The molecular weight excluding hydrogens is 667 g/mol. The number of fused-ring (bicyclic) bond motifs is 9. The van der Waals surface area contributed by atoms with Crippen LogP contribution in [-0.4, -0.2) is 15.0 Å². The number of aromatic nitrogens is 3. The molecule has 0 atom stereocenters. The normalized spacial score (nSPS) is 13.1. The lowest BCUT2D eigenvalue weighted by Gasteiger charge is -2.25. The molecule has 1 aliphatic carbocycles. The molecule has 0 amide bonds. The second-order valence-electron chi connectivity index (χ2n) is 15.2. The Labute approximate surface area is 319 Å². The van der Waals surface area contributed by atoms with Crippen molar-refractivity contribution in [1.29, 1.82) is 0 Å². The van der Waals surface area contributed by atoms with Gasteiger partial charge in [-0.05, 0) is 50.9 Å². The summed E-state index contributed by atoms with van der Waals surface area (Å²) in [6.45, 7) is 4.69. The number of hydrogen-bond acceptors (Lipinski definition) is 3. The van der Waals surface area contributed by atoms with Gasteiger partial charge in [-0.1, -0.05) is 178 Å². The van der Waals surface area contributed by atoms with Crippen LogP contribution in [0, 0.1) is 0 Å². The van der Waals surface area contributed by atoms with Gasteiger partial charge in [-0.25, -0.2) is 15.0 Å². The minimum Gasteiger partial charge on any atom is -0.247 e. The average Bonchev–Trinajstić information content (AvgIpc) is 3.48. The highest BCUT2D eigenvalue weighted by atomic mass is 14.8. The van der Waals surface area contributed by atoms with E-state index in [1.54, 1.807) is 0 Å². The first-order valence-corrected chi connectivity index (χ1v) is 18.9. The Morgan fingerprint density at radius 2 is 0.891 bits per heavy atom. The molecule has 0 saturated heterocycles. The Hall–Kier alpha value is -6.97. The van der Waals surface area contributed by atoms with Gasteiger partial charge in [0.1, 0.15) is 0 Å². The van der Waals surface area contributed by atoms with Crippen LogP contribution in [0.5, 0.6) is 0 Å². The van der Waals surface area contributed by atoms with Crippen LogP contribution in [0.15, 0.2) is 176 Å². The summed E-state index contributed by atoms with van der Waals surface area (Å²) in [5.41, 5.74) is 16.6. The average molecular weight is 702 g/mol. The first kappa shape index (κ1) is 31.5. The molecule has 3 heteroatoms. The standard InChI is InChI=1S/C52H35N3/c1-52(2)43-15-9-8-14-41(43)51-47(52)46(42-29-26-34-10-6-7-13-40(34)50(42)55-51)37-22-18-33(19-23-37)32-16-20-36(21-17-32)45-31-28-39-25-24-38-27-30-44(35-11-4-3-5-12-35)53-48(38)49(39)54-45/h3-31H,1-2H3. The molecule has 0 saturated carbocycles. The molecule has 10 aromatic rings. The van der Waals surface area contributed by atoms with Crippen LogP contribution in [0.2, 0.25) is 0 Å². The molecule has 11 rings (SSSR count). The third-order valence-electron chi connectivity index (χ3n) is 11.6. The molecule has 3 nitrogen and oxygen atoms in total. The third-order valence-corrected chi connectivity index (χ3v) is 11.6. The van der Waals surface area contributed by atoms with Crippen LogP contribution in [-0.2, 0) is 5.41 Å². The molecule has 3 heterocycles. The monoisotopic (exact) mass is 701 g/mol. The van der Waals surface area contributed by atoms with Crippen LogP contribution >= 0.6 is 0 Å². The second kappa shape index (κ2) is 12.0. The fourth-order valence-corrected chi connectivity index (χ4v) is 8.83. The Morgan fingerprint density at radius 3 is 1.58 bits per heavy atom. The molecular formula is C52H35N3. The van der Waals surface area contributed by atoms with Crippen molar-refractivity contribution in [3.8, 4) is 56.0 Å². The van der Waals surface area contributed by atoms with Crippen molar-refractivity contribution in [2.24, 2.45) is 0 Å². The summed E-state index contributed by atoms with van der Waals surface area (Å²) < 4.78 is 0. The van der Waals surface area contributed by atoms with E-state index in [1.807, 2.05) is 18.2 Å². The number of pyridine rings is 3. The van der Waals surface area contributed by atoms with E-state index >= 15 is 0 Å². The molecule has 55 heavy (non-hydrogen) atoms. The molecule has 3 aromatic heterocycles. The van der Waals surface area contributed by atoms with Crippen molar-refractivity contribution in [2.75, 3.05) is 0 Å². The molecule has 0 aliphatic heterocycles. The molecule has 0 N–H and O–H groups in total. The van der Waals surface area contributed by atoms with Crippen molar-refractivity contribution in [2.45, 2.75) is 19.3 Å². The van der Waals surface area contributed by atoms with Crippen LogP contribution < -0.4 is 0 Å². The van der Waals surface area contributed by atoms with E-state index < -0.39 is 0 Å². The van der Waals surface area contributed by atoms with Gasteiger partial charge in [-0.15, -0.1) is 0 Å². The lowest BCUT2D eigenvalue weighted by Crippen LogP contribution is -2.16. The van der Waals surface area contributed by atoms with Crippen LogP contribution in [0.1, 0.15) is 25.0 Å². The van der Waals surface area contributed by atoms with E-state index in [0.29, 0.717) is 0 Å². The van der Waals surface area contributed by atoms with Gasteiger partial charge >= 0.3 is 0 Å². The summed E-state index contributed by atoms with van der Waals surface area (Å²) in [6.07, 6.45) is 0. The van der Waals surface area contributed by atoms with E-state index in [-0.39, 0.29) is 5.41 Å². The Kier molecular flexibility index (Phi) is 6.90. The fourth-order valence-electron chi connectivity index (χ4n) is 8.83. The zero-order valence-corrected chi connectivity index (χ0v) is 30.6. The maximum atomic E-state index is 5.44. The number of benzene rings is 7. The molecule has 0 radical (unpaired) electrons. The van der Waals surface area contributed by atoms with Gasteiger partial charge in [0.25, 0.3) is 0 Å². The lowest BCUT2D eigenvalue weighted by atomic mass is 9.78. The summed E-state index contributed by atoms with van der Waals surface area (Å²) in [6, 6.07) is 62.9. The summed E-state index contributed by atoms with van der Waals surface area (Å²) in [5.74, 6) is 0. The van der Waals surface area contributed by atoms with Gasteiger partial charge in [0.15, 0.2) is 0 Å². The molecule has 0 spiro atoms. The molecule has 0 bridgehead atoms. The zero-order valence-electron chi connectivity index (χ0n) is 30.6. The lowest BCUT2D eigenvalue weighted by molar-refractivity contribution is 0.662. The van der Waals surface area contributed by atoms with E-state index in [4.69, 9.17) is 15.0 Å². The summed E-state index contributed by atoms with van der Waals surface area (Å²) >= 11 is 0. The van der Waals surface area contributed by atoms with Gasteiger partial charge in [0.2, 0.25) is 0 Å². The maximum absolute atomic E-state index is 5.44. The van der Waals surface area contributed by atoms with Crippen LogP contribution in [0.3, 0.4) is 0 Å². The Bertz CT molecular complexity index is 3140. The van der Waals surface area contributed by atoms with Gasteiger partial charge in [0.05, 0.1) is 33.6 Å². The molecule has 0 unspecified atom stereocenters. The molecule has 0 fully saturated rings. The van der Waals surface area contributed by atoms with Crippen molar-refractivity contribution < 1.29 is 0 Å². The van der Waals surface area contributed by atoms with Crippen molar-refractivity contribution in [1.82, 2.24) is 15.0 Å². The minimum absolute atomic E-state index is 0.189. The predicted molar refractivity (Wildman–Crippen MR) is 229 cm³/mol. The fraction of sp³-hybridized carbons (Fsp3) is 0.0577. The van der Waals surface area contributed by atoms with E-state index in [0.717, 1.165) is 55.5 Å². The number of nitrogens with zero attached hydrogens (tertiary/aromatic N) is 3. The third kappa shape index (κ3) is 4.93. The van der Waals surface area contributed by atoms with E-state index in [9.17, 15) is 0 Å². The highest BCUT2D eigenvalue weighted by Crippen LogP contribution is 2.53. The van der Waals surface area contributed by atoms with E-state index in [2.05, 4.69) is 172 Å². The SMILES string of the molecule is CC1(C)c2ccccc2-c2nc3c(ccc4ccccc43)c(-c3ccc(-c4ccc(-c5ccc6ccc7ccc(-c8ccccc8)nc7c6n5)cc4)cc3)c21. The Balaban J connectivity index is 0.977. The summed E-state index contributed by atoms with van der Waals surface area (Å²) in [4.78, 5) is 15.7. The summed E-state index contributed by atoms with van der Waals surface area (Å²) in [5, 5.41) is 5.75. The Morgan fingerprint density at radius 1 is 0.364 bits per heavy atom.